The number of hydrogen-bond acceptors (Lipinski definition) is 4. The maximum absolute atomic E-state index is 12.6. The third-order valence-corrected chi connectivity index (χ3v) is 4.85. The lowest BCUT2D eigenvalue weighted by Crippen LogP contribution is -2.38. The molecule has 0 saturated carbocycles. The Bertz CT molecular complexity index is 907. The van der Waals surface area contributed by atoms with Crippen molar-refractivity contribution in [2.75, 3.05) is 23.6 Å². The molecule has 0 aliphatic carbocycles. The molecule has 0 atom stereocenters. The van der Waals surface area contributed by atoms with Crippen molar-refractivity contribution in [3.63, 3.8) is 0 Å². The van der Waals surface area contributed by atoms with Crippen LogP contribution in [-0.4, -0.2) is 25.2 Å². The Hall–Kier alpha value is -3.02. The molecule has 2 amide bonds. The first-order valence-corrected chi connectivity index (χ1v) is 9.18. The lowest BCUT2D eigenvalue weighted by Gasteiger charge is -2.31. The van der Waals surface area contributed by atoms with Gasteiger partial charge in [0.05, 0.1) is 0 Å². The molecule has 6 heteroatoms. The molecule has 27 heavy (non-hydrogen) atoms. The summed E-state index contributed by atoms with van der Waals surface area (Å²) in [7, 11) is 0. The van der Waals surface area contributed by atoms with Crippen LogP contribution >= 0.6 is 0 Å². The van der Waals surface area contributed by atoms with E-state index >= 15 is 0 Å². The lowest BCUT2D eigenvalue weighted by atomic mass is 9.99. The van der Waals surface area contributed by atoms with Gasteiger partial charge in [-0.2, -0.15) is 0 Å². The predicted molar refractivity (Wildman–Crippen MR) is 102 cm³/mol. The Kier molecular flexibility index (Phi) is 4.48. The minimum absolute atomic E-state index is 0.0404. The van der Waals surface area contributed by atoms with Gasteiger partial charge in [-0.15, -0.1) is 0 Å². The number of amides is 2. The van der Waals surface area contributed by atoms with E-state index in [0.29, 0.717) is 17.1 Å². The number of nitrogens with one attached hydrogen (secondary N) is 1. The van der Waals surface area contributed by atoms with Crippen LogP contribution in [0.1, 0.15) is 36.2 Å². The Morgan fingerprint density at radius 3 is 2.70 bits per heavy atom. The van der Waals surface area contributed by atoms with Gasteiger partial charge in [0.15, 0.2) is 11.5 Å². The Balaban J connectivity index is 1.54. The quantitative estimate of drug-likeness (QED) is 0.901. The van der Waals surface area contributed by atoms with Gasteiger partial charge >= 0.3 is 0 Å². The molecule has 2 aromatic rings. The largest absolute Gasteiger partial charge is 0.454 e. The number of anilines is 2. The molecule has 2 heterocycles. The molecule has 4 rings (SSSR count). The molecular formula is C21H22N2O4. The maximum Gasteiger partial charge on any atom is 0.255 e. The second kappa shape index (κ2) is 6.95. The van der Waals surface area contributed by atoms with Crippen molar-refractivity contribution in [3.8, 4) is 11.5 Å². The lowest BCUT2D eigenvalue weighted by molar-refractivity contribution is -0.121. The van der Waals surface area contributed by atoms with E-state index in [1.54, 1.807) is 18.2 Å². The number of nitrogens with zero attached hydrogens (tertiary/aromatic N) is 1. The molecule has 0 radical (unpaired) electrons. The summed E-state index contributed by atoms with van der Waals surface area (Å²) in [5.74, 6) is 1.11. The zero-order valence-electron chi connectivity index (χ0n) is 15.5. The fourth-order valence-electron chi connectivity index (χ4n) is 3.46. The fourth-order valence-corrected chi connectivity index (χ4v) is 3.46. The first-order valence-electron chi connectivity index (χ1n) is 9.18. The van der Waals surface area contributed by atoms with E-state index in [2.05, 4.69) is 5.32 Å². The normalized spacial score (nSPS) is 14.9. The van der Waals surface area contributed by atoms with Crippen molar-refractivity contribution in [1.82, 2.24) is 0 Å². The third-order valence-electron chi connectivity index (χ3n) is 4.85. The molecule has 0 aromatic heterocycles. The van der Waals surface area contributed by atoms with Crippen molar-refractivity contribution in [1.29, 1.82) is 0 Å². The van der Waals surface area contributed by atoms with E-state index in [4.69, 9.17) is 9.47 Å². The topological polar surface area (TPSA) is 67.9 Å². The summed E-state index contributed by atoms with van der Waals surface area (Å²) in [5, 5.41) is 2.93. The molecule has 1 N–H and O–H groups in total. The molecule has 140 valence electrons. The average Bonchev–Trinajstić information content (AvgIpc) is 3.14. The van der Waals surface area contributed by atoms with E-state index in [1.165, 1.54) is 0 Å². The van der Waals surface area contributed by atoms with Crippen LogP contribution in [0.4, 0.5) is 11.4 Å². The minimum Gasteiger partial charge on any atom is -0.454 e. The molecule has 2 aromatic carbocycles. The number of aryl methyl sites for hydroxylation is 1. The van der Waals surface area contributed by atoms with Crippen LogP contribution in [-0.2, 0) is 11.2 Å². The van der Waals surface area contributed by atoms with Gasteiger partial charge in [-0.1, -0.05) is 13.8 Å². The van der Waals surface area contributed by atoms with E-state index in [-0.39, 0.29) is 24.5 Å². The van der Waals surface area contributed by atoms with Gasteiger partial charge in [-0.05, 0) is 54.8 Å². The summed E-state index contributed by atoms with van der Waals surface area (Å²) < 4.78 is 10.6. The first-order chi connectivity index (χ1) is 13.0. The number of hydrogen-bond donors (Lipinski definition) is 1. The van der Waals surface area contributed by atoms with Crippen molar-refractivity contribution in [3.05, 3.63) is 47.5 Å². The smallest absolute Gasteiger partial charge is 0.255 e. The van der Waals surface area contributed by atoms with Crippen LogP contribution in [0.2, 0.25) is 0 Å². The van der Waals surface area contributed by atoms with E-state index in [0.717, 1.165) is 36.3 Å². The summed E-state index contributed by atoms with van der Waals surface area (Å²) in [6.07, 6.45) is 1.82. The van der Waals surface area contributed by atoms with Crippen LogP contribution in [0.3, 0.4) is 0 Å². The number of carbonyl (C=O) groups excluding carboxylic acids is 2. The zero-order valence-corrected chi connectivity index (χ0v) is 15.5. The maximum atomic E-state index is 12.6. The van der Waals surface area contributed by atoms with Crippen molar-refractivity contribution in [2.24, 2.45) is 5.92 Å². The number of carbonyl (C=O) groups is 2. The minimum atomic E-state index is -0.209. The Morgan fingerprint density at radius 1 is 1.07 bits per heavy atom. The SMILES string of the molecule is CC(C)C(=O)N1CCCc2cc(NC(=O)c3ccc4c(c3)OCO4)ccc21. The second-order valence-corrected chi connectivity index (χ2v) is 7.11. The van der Waals surface area contributed by atoms with Crippen LogP contribution in [0.25, 0.3) is 0 Å². The third kappa shape index (κ3) is 3.35. The van der Waals surface area contributed by atoms with Gasteiger partial charge in [-0.3, -0.25) is 9.59 Å². The molecular weight excluding hydrogens is 344 g/mol. The second-order valence-electron chi connectivity index (χ2n) is 7.11. The monoisotopic (exact) mass is 366 g/mol. The summed E-state index contributed by atoms with van der Waals surface area (Å²) in [6, 6.07) is 10.8. The number of benzene rings is 2. The van der Waals surface area contributed by atoms with Crippen LogP contribution in [0, 0.1) is 5.92 Å². The van der Waals surface area contributed by atoms with Crippen molar-refractivity contribution < 1.29 is 19.1 Å². The molecule has 0 fully saturated rings. The number of rotatable bonds is 3. The first kappa shape index (κ1) is 17.4. The van der Waals surface area contributed by atoms with Crippen LogP contribution in [0.15, 0.2) is 36.4 Å². The molecule has 6 nitrogen and oxygen atoms in total. The highest BCUT2D eigenvalue weighted by molar-refractivity contribution is 6.05. The summed E-state index contributed by atoms with van der Waals surface area (Å²) >= 11 is 0. The Labute approximate surface area is 158 Å². The average molecular weight is 366 g/mol. The Morgan fingerprint density at radius 2 is 1.89 bits per heavy atom. The van der Waals surface area contributed by atoms with Gasteiger partial charge in [0.25, 0.3) is 5.91 Å². The molecule has 0 saturated heterocycles. The molecule has 0 bridgehead atoms. The van der Waals surface area contributed by atoms with Crippen molar-refractivity contribution in [2.45, 2.75) is 26.7 Å². The van der Waals surface area contributed by atoms with Gasteiger partial charge in [0, 0.05) is 29.4 Å². The standard InChI is InChI=1S/C21H22N2O4/c1-13(2)21(25)23-9-3-4-14-10-16(6-7-17(14)23)22-20(24)15-5-8-18-19(11-15)27-12-26-18/h5-8,10-11,13H,3-4,9,12H2,1-2H3,(H,22,24). The van der Waals surface area contributed by atoms with Gasteiger partial charge in [0.2, 0.25) is 12.7 Å². The fraction of sp³-hybridized carbons (Fsp3) is 0.333. The van der Waals surface area contributed by atoms with Crippen molar-refractivity contribution >= 4 is 23.2 Å². The number of ether oxygens (including phenoxy) is 2. The highest BCUT2D eigenvalue weighted by atomic mass is 16.7. The van der Waals surface area contributed by atoms with Gasteiger partial charge < -0.3 is 19.7 Å². The summed E-state index contributed by atoms with van der Waals surface area (Å²) in [4.78, 5) is 26.9. The van der Waals surface area contributed by atoms with Gasteiger partial charge in [0.1, 0.15) is 0 Å². The summed E-state index contributed by atoms with van der Waals surface area (Å²) in [5.41, 5.74) is 3.25. The number of fused-ring (bicyclic) bond motifs is 2. The molecule has 2 aliphatic heterocycles. The van der Waals surface area contributed by atoms with E-state index in [1.807, 2.05) is 36.9 Å². The molecule has 2 aliphatic rings. The highest BCUT2D eigenvalue weighted by Gasteiger charge is 2.24. The zero-order chi connectivity index (χ0) is 19.0. The summed E-state index contributed by atoms with van der Waals surface area (Å²) in [6.45, 7) is 4.75. The van der Waals surface area contributed by atoms with E-state index in [9.17, 15) is 9.59 Å². The highest BCUT2D eigenvalue weighted by Crippen LogP contribution is 2.33. The predicted octanol–water partition coefficient (Wildman–Crippen LogP) is 3.60. The van der Waals surface area contributed by atoms with Gasteiger partial charge in [-0.25, -0.2) is 0 Å². The van der Waals surface area contributed by atoms with Crippen LogP contribution < -0.4 is 19.7 Å². The van der Waals surface area contributed by atoms with Crippen LogP contribution in [0.5, 0.6) is 11.5 Å². The molecule has 0 unspecified atom stereocenters. The van der Waals surface area contributed by atoms with E-state index < -0.39 is 0 Å². The molecule has 0 spiro atoms.